The van der Waals surface area contributed by atoms with Crippen molar-refractivity contribution < 1.29 is 9.90 Å². The van der Waals surface area contributed by atoms with Crippen molar-refractivity contribution in [2.75, 3.05) is 19.0 Å². The molecule has 2 N–H and O–H groups in total. The second kappa shape index (κ2) is 7.44. The Morgan fingerprint density at radius 3 is 2.68 bits per heavy atom. The van der Waals surface area contributed by atoms with Crippen molar-refractivity contribution in [3.05, 3.63) is 39.8 Å². The van der Waals surface area contributed by atoms with Gasteiger partial charge in [0.1, 0.15) is 5.01 Å². The molecule has 6 nitrogen and oxygen atoms in total. The van der Waals surface area contributed by atoms with Crippen molar-refractivity contribution in [3.63, 3.8) is 0 Å². The molecule has 1 aromatic carbocycles. The van der Waals surface area contributed by atoms with E-state index in [-0.39, 0.29) is 18.6 Å². The van der Waals surface area contributed by atoms with E-state index in [1.165, 1.54) is 11.3 Å². The number of carbonyl (C=O) groups is 1. The van der Waals surface area contributed by atoms with Crippen LogP contribution in [0.15, 0.2) is 24.3 Å². The van der Waals surface area contributed by atoms with Gasteiger partial charge in [-0.25, -0.2) is 0 Å². The van der Waals surface area contributed by atoms with E-state index in [9.17, 15) is 4.79 Å². The molecule has 0 saturated heterocycles. The number of nitrogens with one attached hydrogen (secondary N) is 1. The zero-order chi connectivity index (χ0) is 16.1. The first kappa shape index (κ1) is 16.5. The van der Waals surface area contributed by atoms with Gasteiger partial charge in [0, 0.05) is 11.7 Å². The Labute approximate surface area is 133 Å². The molecule has 0 radical (unpaired) electrons. The Morgan fingerprint density at radius 2 is 2.05 bits per heavy atom. The van der Waals surface area contributed by atoms with Gasteiger partial charge in [0.25, 0.3) is 5.91 Å². The first-order valence-corrected chi connectivity index (χ1v) is 7.82. The summed E-state index contributed by atoms with van der Waals surface area (Å²) in [6.07, 6.45) is 0. The predicted molar refractivity (Wildman–Crippen MR) is 87.1 cm³/mol. The molecule has 1 aromatic heterocycles. The van der Waals surface area contributed by atoms with Crippen LogP contribution in [0.25, 0.3) is 0 Å². The number of benzene rings is 1. The smallest absolute Gasteiger partial charge is 0.286 e. The van der Waals surface area contributed by atoms with Crippen LogP contribution >= 0.6 is 11.3 Å². The van der Waals surface area contributed by atoms with E-state index in [0.29, 0.717) is 11.6 Å². The number of aliphatic hydroxyl groups excluding tert-OH is 1. The van der Waals surface area contributed by atoms with E-state index in [1.807, 2.05) is 50.1 Å². The Balaban J connectivity index is 1.98. The third kappa shape index (κ3) is 4.33. The van der Waals surface area contributed by atoms with Gasteiger partial charge in [-0.1, -0.05) is 29.0 Å². The van der Waals surface area contributed by atoms with Gasteiger partial charge in [-0.05, 0) is 33.0 Å². The van der Waals surface area contributed by atoms with Gasteiger partial charge in [0.05, 0.1) is 13.2 Å². The van der Waals surface area contributed by atoms with Crippen LogP contribution in [0.4, 0.5) is 5.69 Å². The Hall–Kier alpha value is -1.83. The highest BCUT2D eigenvalue weighted by Crippen LogP contribution is 2.15. The normalized spacial score (nSPS) is 12.4. The summed E-state index contributed by atoms with van der Waals surface area (Å²) >= 11 is 1.26. The monoisotopic (exact) mass is 320 g/mol. The van der Waals surface area contributed by atoms with Crippen LogP contribution in [0.5, 0.6) is 0 Å². The number of amides is 1. The van der Waals surface area contributed by atoms with E-state index in [0.717, 1.165) is 16.3 Å². The topological polar surface area (TPSA) is 78.4 Å². The molecule has 0 fully saturated rings. The van der Waals surface area contributed by atoms with Crippen LogP contribution in [0, 0.1) is 6.92 Å². The number of hydrogen-bond acceptors (Lipinski definition) is 6. The molecule has 22 heavy (non-hydrogen) atoms. The Bertz CT molecular complexity index is 627. The summed E-state index contributed by atoms with van der Waals surface area (Å²) in [5.74, 6) is -0.259. The lowest BCUT2D eigenvalue weighted by atomic mass is 10.2. The molecule has 1 amide bonds. The molecular formula is C15H20N4O2S. The number of rotatable bonds is 6. The van der Waals surface area contributed by atoms with Crippen LogP contribution in [0.3, 0.4) is 0 Å². The van der Waals surface area contributed by atoms with Crippen molar-refractivity contribution in [2.45, 2.75) is 26.4 Å². The maximum absolute atomic E-state index is 12.1. The van der Waals surface area contributed by atoms with Crippen LogP contribution < -0.4 is 5.32 Å². The fourth-order valence-electron chi connectivity index (χ4n) is 1.74. The van der Waals surface area contributed by atoms with E-state index in [2.05, 4.69) is 15.5 Å². The summed E-state index contributed by atoms with van der Waals surface area (Å²) < 4.78 is 0. The van der Waals surface area contributed by atoms with Crippen molar-refractivity contribution in [2.24, 2.45) is 0 Å². The molecule has 1 atom stereocenters. The lowest BCUT2D eigenvalue weighted by Gasteiger charge is -2.20. The van der Waals surface area contributed by atoms with Gasteiger partial charge in [-0.3, -0.25) is 9.69 Å². The van der Waals surface area contributed by atoms with Gasteiger partial charge in [0.2, 0.25) is 5.01 Å². The van der Waals surface area contributed by atoms with E-state index >= 15 is 0 Å². The highest BCUT2D eigenvalue weighted by molar-refractivity contribution is 7.13. The molecule has 0 saturated carbocycles. The fourth-order valence-corrected chi connectivity index (χ4v) is 2.54. The molecule has 1 heterocycles. The number of aliphatic hydroxyl groups is 1. The highest BCUT2D eigenvalue weighted by atomic mass is 32.1. The summed E-state index contributed by atoms with van der Waals surface area (Å²) in [5.41, 5.74) is 1.87. The van der Waals surface area contributed by atoms with Gasteiger partial charge < -0.3 is 10.4 Å². The summed E-state index contributed by atoms with van der Waals surface area (Å²) in [6, 6.07) is 7.62. The minimum Gasteiger partial charge on any atom is -0.395 e. The average molecular weight is 320 g/mol. The fraction of sp³-hybridized carbons (Fsp3) is 0.400. The van der Waals surface area contributed by atoms with Gasteiger partial charge in [-0.15, -0.1) is 10.2 Å². The number of nitrogens with zero attached hydrogens (tertiary/aromatic N) is 3. The first-order chi connectivity index (χ1) is 10.5. The minimum absolute atomic E-state index is 0.0359. The highest BCUT2D eigenvalue weighted by Gasteiger charge is 2.15. The SMILES string of the molecule is Cc1ccc(NC(=O)c2nnc(CN(C)C(C)CO)s2)cc1. The molecule has 1 unspecified atom stereocenters. The molecule has 2 rings (SSSR count). The minimum atomic E-state index is -0.259. The summed E-state index contributed by atoms with van der Waals surface area (Å²) in [7, 11) is 1.90. The molecule has 118 valence electrons. The summed E-state index contributed by atoms with van der Waals surface area (Å²) in [5, 5.41) is 21.0. The summed E-state index contributed by atoms with van der Waals surface area (Å²) in [4.78, 5) is 14.1. The molecule has 0 aliphatic carbocycles. The Kier molecular flexibility index (Phi) is 5.59. The Morgan fingerprint density at radius 1 is 1.36 bits per heavy atom. The molecule has 0 bridgehead atoms. The lowest BCUT2D eigenvalue weighted by Crippen LogP contribution is -2.31. The average Bonchev–Trinajstić information content (AvgIpc) is 2.97. The number of aromatic nitrogens is 2. The summed E-state index contributed by atoms with van der Waals surface area (Å²) in [6.45, 7) is 4.55. The van der Waals surface area contributed by atoms with E-state index < -0.39 is 0 Å². The van der Waals surface area contributed by atoms with Crippen molar-refractivity contribution >= 4 is 22.9 Å². The van der Waals surface area contributed by atoms with Crippen LogP contribution in [-0.4, -0.2) is 45.8 Å². The largest absolute Gasteiger partial charge is 0.395 e. The van der Waals surface area contributed by atoms with Crippen LogP contribution in [-0.2, 0) is 6.54 Å². The maximum atomic E-state index is 12.1. The van der Waals surface area contributed by atoms with E-state index in [4.69, 9.17) is 5.11 Å². The van der Waals surface area contributed by atoms with Crippen LogP contribution in [0.2, 0.25) is 0 Å². The molecule has 0 spiro atoms. The van der Waals surface area contributed by atoms with Crippen molar-refractivity contribution in [1.82, 2.24) is 15.1 Å². The molecule has 0 aliphatic rings. The lowest BCUT2D eigenvalue weighted by molar-refractivity contribution is 0.102. The first-order valence-electron chi connectivity index (χ1n) is 7.01. The number of hydrogen-bond donors (Lipinski definition) is 2. The second-order valence-corrected chi connectivity index (χ2v) is 6.33. The number of likely N-dealkylation sites (N-methyl/N-ethyl adjacent to an activating group) is 1. The predicted octanol–water partition coefficient (Wildman–Crippen LogP) is 1.91. The molecule has 2 aromatic rings. The third-order valence-electron chi connectivity index (χ3n) is 3.37. The second-order valence-electron chi connectivity index (χ2n) is 5.27. The third-order valence-corrected chi connectivity index (χ3v) is 4.28. The van der Waals surface area contributed by atoms with Gasteiger partial charge in [0.15, 0.2) is 0 Å². The van der Waals surface area contributed by atoms with Crippen molar-refractivity contribution in [3.8, 4) is 0 Å². The number of aryl methyl sites for hydroxylation is 1. The zero-order valence-corrected chi connectivity index (χ0v) is 13.7. The van der Waals surface area contributed by atoms with Gasteiger partial charge in [-0.2, -0.15) is 0 Å². The molecule has 0 aliphatic heterocycles. The van der Waals surface area contributed by atoms with Gasteiger partial charge >= 0.3 is 0 Å². The maximum Gasteiger partial charge on any atom is 0.286 e. The van der Waals surface area contributed by atoms with Crippen LogP contribution in [0.1, 0.15) is 27.3 Å². The van der Waals surface area contributed by atoms with E-state index in [1.54, 1.807) is 0 Å². The quantitative estimate of drug-likeness (QED) is 0.850. The zero-order valence-electron chi connectivity index (χ0n) is 12.9. The number of carbonyl (C=O) groups excluding carboxylic acids is 1. The standard InChI is InChI=1S/C15H20N4O2S/c1-10-4-6-12(7-5-10)16-14(21)15-18-17-13(22-15)8-19(3)11(2)9-20/h4-7,11,20H,8-9H2,1-3H3,(H,16,21). The number of anilines is 1. The molecular weight excluding hydrogens is 300 g/mol. The molecule has 7 heteroatoms. The van der Waals surface area contributed by atoms with Crippen molar-refractivity contribution in [1.29, 1.82) is 0 Å².